The van der Waals surface area contributed by atoms with Crippen LogP contribution in [-0.2, 0) is 0 Å². The molecule has 3 rings (SSSR count). The van der Waals surface area contributed by atoms with Gasteiger partial charge in [-0.25, -0.2) is 0 Å². The van der Waals surface area contributed by atoms with Crippen LogP contribution in [0.4, 0.5) is 0 Å². The summed E-state index contributed by atoms with van der Waals surface area (Å²) >= 11 is 0. The van der Waals surface area contributed by atoms with Crippen LogP contribution < -0.4 is 11.1 Å². The number of rotatable bonds is 5. The number of guanidine groups is 1. The van der Waals surface area contributed by atoms with Gasteiger partial charge < -0.3 is 11.1 Å². The zero-order valence-corrected chi connectivity index (χ0v) is 12.4. The quantitative estimate of drug-likeness (QED) is 0.482. The van der Waals surface area contributed by atoms with Crippen molar-refractivity contribution in [2.45, 2.75) is 19.3 Å². The monoisotopic (exact) mass is 300 g/mol. The summed E-state index contributed by atoms with van der Waals surface area (Å²) in [6, 6.07) is 6.88. The standard InChI is InChI=1S/C16H20N4O2/c17-16(19-10-11-4-3-5-11)18-8-9-20-14(21)12-6-1-2-7-13(12)15(20)22/h1-2,6-7,11H,3-5,8-10H2,(H3,17,18,19). The van der Waals surface area contributed by atoms with Crippen molar-refractivity contribution >= 4 is 17.8 Å². The van der Waals surface area contributed by atoms with E-state index >= 15 is 0 Å². The highest BCUT2D eigenvalue weighted by Gasteiger charge is 2.34. The van der Waals surface area contributed by atoms with Crippen LogP contribution in [0, 0.1) is 5.92 Å². The molecule has 0 aromatic heterocycles. The Hall–Kier alpha value is -2.37. The molecular weight excluding hydrogens is 280 g/mol. The van der Waals surface area contributed by atoms with E-state index in [1.807, 2.05) is 0 Å². The molecule has 0 bridgehead atoms. The van der Waals surface area contributed by atoms with Gasteiger partial charge in [-0.05, 0) is 30.9 Å². The summed E-state index contributed by atoms with van der Waals surface area (Å²) in [6.45, 7) is 1.45. The van der Waals surface area contributed by atoms with Crippen molar-refractivity contribution < 1.29 is 9.59 Å². The molecule has 2 amide bonds. The summed E-state index contributed by atoms with van der Waals surface area (Å²) in [5.41, 5.74) is 6.73. The predicted octanol–water partition coefficient (Wildman–Crippen LogP) is 0.987. The van der Waals surface area contributed by atoms with Gasteiger partial charge in [-0.15, -0.1) is 0 Å². The van der Waals surface area contributed by atoms with E-state index in [4.69, 9.17) is 5.73 Å². The van der Waals surface area contributed by atoms with Crippen LogP contribution in [0.5, 0.6) is 0 Å². The van der Waals surface area contributed by atoms with Crippen molar-refractivity contribution in [2.75, 3.05) is 19.6 Å². The molecule has 1 fully saturated rings. The molecule has 1 aliphatic heterocycles. The van der Waals surface area contributed by atoms with E-state index in [9.17, 15) is 9.59 Å². The third kappa shape index (κ3) is 2.81. The Kier molecular flexibility index (Phi) is 4.09. The third-order valence-electron chi connectivity index (χ3n) is 4.26. The summed E-state index contributed by atoms with van der Waals surface area (Å²) in [4.78, 5) is 29.9. The topological polar surface area (TPSA) is 87.8 Å². The van der Waals surface area contributed by atoms with E-state index < -0.39 is 0 Å². The van der Waals surface area contributed by atoms with Crippen molar-refractivity contribution in [2.24, 2.45) is 16.6 Å². The van der Waals surface area contributed by atoms with E-state index in [0.717, 1.165) is 6.54 Å². The number of nitrogens with one attached hydrogen (secondary N) is 1. The molecule has 116 valence electrons. The first-order chi connectivity index (χ1) is 10.7. The van der Waals surface area contributed by atoms with Crippen LogP contribution in [-0.4, -0.2) is 42.3 Å². The van der Waals surface area contributed by atoms with Crippen molar-refractivity contribution in [3.8, 4) is 0 Å². The summed E-state index contributed by atoms with van der Waals surface area (Å²) in [6.07, 6.45) is 3.74. The van der Waals surface area contributed by atoms with E-state index in [1.165, 1.54) is 24.2 Å². The van der Waals surface area contributed by atoms with E-state index in [0.29, 0.717) is 29.5 Å². The molecule has 3 N–H and O–H groups in total. The van der Waals surface area contributed by atoms with Crippen molar-refractivity contribution in [3.05, 3.63) is 35.4 Å². The number of hydrogen-bond acceptors (Lipinski definition) is 3. The van der Waals surface area contributed by atoms with Crippen LogP contribution in [0.25, 0.3) is 0 Å². The molecule has 6 nitrogen and oxygen atoms in total. The molecule has 1 heterocycles. The van der Waals surface area contributed by atoms with Gasteiger partial charge in [-0.1, -0.05) is 18.6 Å². The van der Waals surface area contributed by atoms with Crippen LogP contribution in [0.15, 0.2) is 29.3 Å². The minimum Gasteiger partial charge on any atom is -0.370 e. The lowest BCUT2D eigenvalue weighted by Gasteiger charge is -2.23. The number of carbonyl (C=O) groups excluding carboxylic acids is 2. The van der Waals surface area contributed by atoms with Gasteiger partial charge in [0.15, 0.2) is 5.96 Å². The Morgan fingerprint density at radius 2 is 1.86 bits per heavy atom. The van der Waals surface area contributed by atoms with Gasteiger partial charge in [-0.3, -0.25) is 19.5 Å². The Balaban J connectivity index is 1.50. The molecular formula is C16H20N4O2. The van der Waals surface area contributed by atoms with Crippen LogP contribution in [0.2, 0.25) is 0 Å². The van der Waals surface area contributed by atoms with Crippen molar-refractivity contribution in [3.63, 3.8) is 0 Å². The Labute approximate surface area is 129 Å². The highest BCUT2D eigenvalue weighted by atomic mass is 16.2. The number of nitrogens with zero attached hydrogens (tertiary/aromatic N) is 2. The average molecular weight is 300 g/mol. The van der Waals surface area contributed by atoms with E-state index in [1.54, 1.807) is 24.3 Å². The summed E-state index contributed by atoms with van der Waals surface area (Å²) < 4.78 is 0. The number of imide groups is 1. The minimum absolute atomic E-state index is 0.243. The first-order valence-electron chi connectivity index (χ1n) is 7.66. The first kappa shape index (κ1) is 14.6. The van der Waals surface area contributed by atoms with Gasteiger partial charge in [0.25, 0.3) is 11.8 Å². The smallest absolute Gasteiger partial charge is 0.261 e. The minimum atomic E-state index is -0.243. The van der Waals surface area contributed by atoms with Crippen molar-refractivity contribution in [1.29, 1.82) is 0 Å². The Bertz CT molecular complexity index is 587. The highest BCUT2D eigenvalue weighted by molar-refractivity contribution is 6.21. The lowest BCUT2D eigenvalue weighted by molar-refractivity contribution is 0.0657. The lowest BCUT2D eigenvalue weighted by Crippen LogP contribution is -2.41. The SMILES string of the molecule is NC(=NCC1CCC1)NCCN1C(=O)c2ccccc2C1=O. The molecule has 0 radical (unpaired) electrons. The normalized spacial score (nSPS) is 18.4. The first-order valence-corrected chi connectivity index (χ1v) is 7.66. The number of amides is 2. The molecule has 1 aliphatic carbocycles. The fraction of sp³-hybridized carbons (Fsp3) is 0.438. The zero-order valence-electron chi connectivity index (χ0n) is 12.4. The fourth-order valence-corrected chi connectivity index (χ4v) is 2.70. The van der Waals surface area contributed by atoms with Crippen molar-refractivity contribution in [1.82, 2.24) is 10.2 Å². The Morgan fingerprint density at radius 1 is 1.23 bits per heavy atom. The second-order valence-corrected chi connectivity index (χ2v) is 5.76. The number of benzene rings is 1. The van der Waals surface area contributed by atoms with Crippen LogP contribution >= 0.6 is 0 Å². The van der Waals surface area contributed by atoms with Crippen LogP contribution in [0.1, 0.15) is 40.0 Å². The molecule has 22 heavy (non-hydrogen) atoms. The molecule has 1 aromatic carbocycles. The molecule has 0 unspecified atom stereocenters. The number of aliphatic imine (C=N–C) groups is 1. The molecule has 1 saturated carbocycles. The molecule has 0 spiro atoms. The lowest BCUT2D eigenvalue weighted by atomic mass is 9.86. The second kappa shape index (κ2) is 6.17. The molecule has 0 saturated heterocycles. The molecule has 6 heteroatoms. The number of fused-ring (bicyclic) bond motifs is 1. The van der Waals surface area contributed by atoms with Gasteiger partial charge in [0.1, 0.15) is 0 Å². The maximum Gasteiger partial charge on any atom is 0.261 e. The summed E-state index contributed by atoms with van der Waals surface area (Å²) in [7, 11) is 0. The summed E-state index contributed by atoms with van der Waals surface area (Å²) in [5.74, 6) is 0.555. The Morgan fingerprint density at radius 3 is 2.41 bits per heavy atom. The predicted molar refractivity (Wildman–Crippen MR) is 83.6 cm³/mol. The summed E-state index contributed by atoms with van der Waals surface area (Å²) in [5, 5.41) is 2.96. The van der Waals surface area contributed by atoms with Gasteiger partial charge >= 0.3 is 0 Å². The number of carbonyl (C=O) groups is 2. The number of nitrogens with two attached hydrogens (primary N) is 1. The largest absolute Gasteiger partial charge is 0.370 e. The van der Waals surface area contributed by atoms with Gasteiger partial charge in [0.05, 0.1) is 11.1 Å². The van der Waals surface area contributed by atoms with Gasteiger partial charge in [0, 0.05) is 19.6 Å². The van der Waals surface area contributed by atoms with Crippen LogP contribution in [0.3, 0.4) is 0 Å². The van der Waals surface area contributed by atoms with E-state index in [2.05, 4.69) is 10.3 Å². The second-order valence-electron chi connectivity index (χ2n) is 5.76. The van der Waals surface area contributed by atoms with E-state index in [-0.39, 0.29) is 18.4 Å². The number of hydrogen-bond donors (Lipinski definition) is 2. The average Bonchev–Trinajstić information content (AvgIpc) is 2.71. The highest BCUT2D eigenvalue weighted by Crippen LogP contribution is 2.26. The maximum absolute atomic E-state index is 12.2. The van der Waals surface area contributed by atoms with Gasteiger partial charge in [-0.2, -0.15) is 0 Å². The maximum atomic E-state index is 12.2. The zero-order chi connectivity index (χ0) is 15.5. The molecule has 0 atom stereocenters. The van der Waals surface area contributed by atoms with Gasteiger partial charge in [0.2, 0.25) is 0 Å². The molecule has 1 aromatic rings. The third-order valence-corrected chi connectivity index (χ3v) is 4.26. The molecule has 2 aliphatic rings. The fourth-order valence-electron chi connectivity index (χ4n) is 2.70.